The first-order chi connectivity index (χ1) is 16.5. The molecule has 3 aromatic rings. The second-order valence-corrected chi connectivity index (χ2v) is 8.62. The molecule has 2 aliphatic rings. The van der Waals surface area contributed by atoms with Crippen LogP contribution in [0.2, 0.25) is 0 Å². The zero-order valence-corrected chi connectivity index (χ0v) is 19.6. The monoisotopic (exact) mass is 463 g/mol. The van der Waals surface area contributed by atoms with E-state index in [4.69, 9.17) is 30.4 Å². The third-order valence-corrected chi connectivity index (χ3v) is 6.60. The molecule has 0 spiro atoms. The van der Waals surface area contributed by atoms with Crippen LogP contribution in [-0.2, 0) is 7.05 Å². The third-order valence-electron chi connectivity index (χ3n) is 6.60. The highest BCUT2D eigenvalue weighted by Gasteiger charge is 2.33. The summed E-state index contributed by atoms with van der Waals surface area (Å²) in [5.41, 5.74) is 16.7. The fraction of sp³-hybridized carbons (Fsp3) is 0.346. The summed E-state index contributed by atoms with van der Waals surface area (Å²) in [6.45, 7) is 0.823. The van der Waals surface area contributed by atoms with Gasteiger partial charge in [0.2, 0.25) is 6.79 Å². The van der Waals surface area contributed by atoms with E-state index in [2.05, 4.69) is 6.08 Å². The molecule has 8 nitrogen and oxygen atoms in total. The zero-order chi connectivity index (χ0) is 24.0. The van der Waals surface area contributed by atoms with E-state index in [9.17, 15) is 4.79 Å². The smallest absolute Gasteiger partial charge is 0.258 e. The summed E-state index contributed by atoms with van der Waals surface area (Å²) in [5.74, 6) is 2.41. The Labute approximate surface area is 197 Å². The van der Waals surface area contributed by atoms with E-state index in [1.54, 1.807) is 31.9 Å². The molecule has 8 heteroatoms. The van der Waals surface area contributed by atoms with Crippen molar-refractivity contribution in [2.24, 2.45) is 18.5 Å². The Balaban J connectivity index is 1.82. The molecule has 178 valence electrons. The molecule has 0 bridgehead atoms. The first kappa shape index (κ1) is 22.3. The van der Waals surface area contributed by atoms with Crippen molar-refractivity contribution in [2.45, 2.75) is 25.3 Å². The summed E-state index contributed by atoms with van der Waals surface area (Å²) in [7, 11) is 4.93. The Kier molecular flexibility index (Phi) is 5.71. The lowest BCUT2D eigenvalue weighted by atomic mass is 9.96. The van der Waals surface area contributed by atoms with Crippen LogP contribution in [0.1, 0.15) is 30.4 Å². The standard InChI is InChI=1S/C26H29N3O5/c1-29-25-18-11-23-22(33-13-34-23)9-15(18)16(8-14(28)6-4-5-7-27)24(25)17-10-20(31-2)21(32-3)12-19(17)26(29)30/h8-12,14H,4-7,13,27-28H2,1-3H3/b16-8+/t14-/m0/s1. The minimum absolute atomic E-state index is 0.119. The number of rotatable bonds is 7. The largest absolute Gasteiger partial charge is 0.493 e. The number of aromatic nitrogens is 1. The number of hydrogen-bond donors (Lipinski definition) is 2. The van der Waals surface area contributed by atoms with Gasteiger partial charge in [0.25, 0.3) is 5.56 Å². The Morgan fingerprint density at radius 1 is 1.03 bits per heavy atom. The first-order valence-corrected chi connectivity index (χ1v) is 11.4. The third kappa shape index (κ3) is 3.41. The molecule has 1 atom stereocenters. The number of pyridine rings is 1. The molecule has 0 saturated heterocycles. The van der Waals surface area contributed by atoms with Gasteiger partial charge < -0.3 is 35.0 Å². The van der Waals surface area contributed by atoms with Crippen molar-refractivity contribution >= 4 is 16.3 Å². The Morgan fingerprint density at radius 3 is 2.32 bits per heavy atom. The lowest BCUT2D eigenvalue weighted by Crippen LogP contribution is -2.20. The molecule has 2 aromatic carbocycles. The number of hydrogen-bond acceptors (Lipinski definition) is 7. The molecule has 1 aromatic heterocycles. The second-order valence-electron chi connectivity index (χ2n) is 8.62. The molecule has 4 N–H and O–H groups in total. The van der Waals surface area contributed by atoms with E-state index in [0.29, 0.717) is 34.9 Å². The Hall–Kier alpha value is -3.49. The van der Waals surface area contributed by atoms with Crippen molar-refractivity contribution in [1.82, 2.24) is 4.57 Å². The van der Waals surface area contributed by atoms with Crippen LogP contribution in [0, 0.1) is 0 Å². The van der Waals surface area contributed by atoms with Crippen molar-refractivity contribution in [2.75, 3.05) is 27.6 Å². The fourth-order valence-corrected chi connectivity index (χ4v) is 4.92. The molecule has 34 heavy (non-hydrogen) atoms. The van der Waals surface area contributed by atoms with Crippen molar-refractivity contribution in [3.63, 3.8) is 0 Å². The molecule has 0 fully saturated rings. The first-order valence-electron chi connectivity index (χ1n) is 11.4. The summed E-state index contributed by atoms with van der Waals surface area (Å²) in [5, 5.41) is 1.34. The summed E-state index contributed by atoms with van der Waals surface area (Å²) in [4.78, 5) is 13.5. The van der Waals surface area contributed by atoms with Crippen LogP contribution in [0.25, 0.3) is 27.6 Å². The van der Waals surface area contributed by atoms with E-state index < -0.39 is 0 Å². The molecule has 0 amide bonds. The lowest BCUT2D eigenvalue weighted by Gasteiger charge is -2.16. The maximum absolute atomic E-state index is 13.5. The van der Waals surface area contributed by atoms with Gasteiger partial charge in [-0.05, 0) is 54.8 Å². The Bertz CT molecular complexity index is 1380. The van der Waals surface area contributed by atoms with Crippen LogP contribution in [-0.4, -0.2) is 38.2 Å². The van der Waals surface area contributed by atoms with Gasteiger partial charge in [-0.15, -0.1) is 0 Å². The molecule has 0 radical (unpaired) electrons. The van der Waals surface area contributed by atoms with Crippen LogP contribution in [0.15, 0.2) is 35.1 Å². The predicted molar refractivity (Wildman–Crippen MR) is 132 cm³/mol. The molecule has 0 unspecified atom stereocenters. The van der Waals surface area contributed by atoms with Crippen molar-refractivity contribution < 1.29 is 18.9 Å². The molecule has 5 rings (SSSR count). The quantitative estimate of drug-likeness (QED) is 0.405. The number of ether oxygens (including phenoxy) is 4. The van der Waals surface area contributed by atoms with Gasteiger partial charge in [0, 0.05) is 29.6 Å². The van der Waals surface area contributed by atoms with Gasteiger partial charge in [-0.3, -0.25) is 4.79 Å². The van der Waals surface area contributed by atoms with Crippen molar-refractivity contribution in [3.05, 3.63) is 51.8 Å². The van der Waals surface area contributed by atoms with E-state index in [0.717, 1.165) is 52.6 Å². The number of methoxy groups -OCH3 is 2. The average Bonchev–Trinajstić information content (AvgIpc) is 3.42. The summed E-state index contributed by atoms with van der Waals surface area (Å²) in [6.07, 6.45) is 4.78. The molecule has 2 heterocycles. The summed E-state index contributed by atoms with van der Waals surface area (Å²) >= 11 is 0. The lowest BCUT2D eigenvalue weighted by molar-refractivity contribution is 0.174. The van der Waals surface area contributed by atoms with Crippen LogP contribution < -0.4 is 36.0 Å². The second kappa shape index (κ2) is 8.70. The highest BCUT2D eigenvalue weighted by atomic mass is 16.7. The van der Waals surface area contributed by atoms with Gasteiger partial charge in [-0.2, -0.15) is 0 Å². The average molecular weight is 464 g/mol. The van der Waals surface area contributed by atoms with Gasteiger partial charge in [0.05, 0.1) is 25.3 Å². The van der Waals surface area contributed by atoms with Gasteiger partial charge >= 0.3 is 0 Å². The van der Waals surface area contributed by atoms with Gasteiger partial charge in [-0.1, -0.05) is 12.5 Å². The SMILES string of the molecule is COc1cc2c3c(n(C)c(=O)c2cc1OC)-c1cc2c(cc1/C3=C\[C@@H](N)CCCCN)OCO2. The zero-order valence-electron chi connectivity index (χ0n) is 19.6. The van der Waals surface area contributed by atoms with Crippen LogP contribution in [0.3, 0.4) is 0 Å². The highest BCUT2D eigenvalue weighted by Crippen LogP contribution is 2.51. The molecule has 1 aliphatic carbocycles. The minimum atomic E-state index is -0.168. The van der Waals surface area contributed by atoms with E-state index in [1.807, 2.05) is 18.2 Å². The predicted octanol–water partition coefficient (Wildman–Crippen LogP) is 3.15. The maximum atomic E-state index is 13.5. The highest BCUT2D eigenvalue weighted by molar-refractivity contribution is 6.10. The van der Waals surface area contributed by atoms with Crippen molar-refractivity contribution in [3.8, 4) is 34.3 Å². The number of fused-ring (bicyclic) bond motifs is 6. The normalized spacial score (nSPS) is 15.5. The van der Waals surface area contributed by atoms with Gasteiger partial charge in [0.1, 0.15) is 0 Å². The number of nitrogens with two attached hydrogens (primary N) is 2. The van der Waals surface area contributed by atoms with Crippen LogP contribution in [0.5, 0.6) is 23.0 Å². The Morgan fingerprint density at radius 2 is 1.68 bits per heavy atom. The molecular formula is C26H29N3O5. The molecule has 0 saturated carbocycles. The van der Waals surface area contributed by atoms with E-state index in [-0.39, 0.29) is 18.4 Å². The van der Waals surface area contributed by atoms with Crippen LogP contribution in [0.4, 0.5) is 0 Å². The van der Waals surface area contributed by atoms with Gasteiger partial charge in [0.15, 0.2) is 23.0 Å². The van der Waals surface area contributed by atoms with E-state index >= 15 is 0 Å². The summed E-state index contributed by atoms with van der Waals surface area (Å²) in [6, 6.07) is 7.37. The number of nitrogens with zero attached hydrogens (tertiary/aromatic N) is 1. The fourth-order valence-electron chi connectivity index (χ4n) is 4.92. The molecular weight excluding hydrogens is 434 g/mol. The minimum Gasteiger partial charge on any atom is -0.493 e. The number of unbranched alkanes of at least 4 members (excludes halogenated alkanes) is 1. The topological polar surface area (TPSA) is 111 Å². The molecule has 1 aliphatic heterocycles. The van der Waals surface area contributed by atoms with E-state index in [1.165, 1.54) is 0 Å². The van der Waals surface area contributed by atoms with Gasteiger partial charge in [-0.25, -0.2) is 0 Å². The summed E-state index contributed by atoms with van der Waals surface area (Å²) < 4.78 is 24.0. The number of benzene rings is 2. The maximum Gasteiger partial charge on any atom is 0.258 e. The van der Waals surface area contributed by atoms with Crippen molar-refractivity contribution in [1.29, 1.82) is 0 Å². The van der Waals surface area contributed by atoms with Crippen LogP contribution >= 0.6 is 0 Å².